The number of hydrogen-bond donors (Lipinski definition) is 3. The summed E-state index contributed by atoms with van der Waals surface area (Å²) in [5.41, 5.74) is 3.18. The molecule has 1 fully saturated rings. The van der Waals surface area contributed by atoms with E-state index in [0.29, 0.717) is 17.3 Å². The van der Waals surface area contributed by atoms with E-state index in [1.165, 1.54) is 5.56 Å². The van der Waals surface area contributed by atoms with Crippen LogP contribution in [-0.4, -0.2) is 35.0 Å². The van der Waals surface area contributed by atoms with Crippen LogP contribution in [0.3, 0.4) is 0 Å². The molecular weight excluding hydrogens is 344 g/mol. The SMILES string of the molecule is O=C(Nc1ccc(C2CCOCC2)cc1)C(=O)Nc1c[nH]c2ccncc12. The van der Waals surface area contributed by atoms with Gasteiger partial charge in [0.15, 0.2) is 0 Å². The predicted molar refractivity (Wildman–Crippen MR) is 103 cm³/mol. The molecule has 138 valence electrons. The van der Waals surface area contributed by atoms with Gasteiger partial charge in [0.1, 0.15) is 0 Å². The summed E-state index contributed by atoms with van der Waals surface area (Å²) in [6.07, 6.45) is 6.94. The van der Waals surface area contributed by atoms with Crippen molar-refractivity contribution < 1.29 is 14.3 Å². The minimum absolute atomic E-state index is 0.488. The molecule has 1 aromatic carbocycles. The molecule has 1 aliphatic heterocycles. The minimum Gasteiger partial charge on any atom is -0.381 e. The van der Waals surface area contributed by atoms with Crippen molar-refractivity contribution in [2.75, 3.05) is 23.8 Å². The van der Waals surface area contributed by atoms with Crippen LogP contribution in [0.4, 0.5) is 11.4 Å². The lowest BCUT2D eigenvalue weighted by Gasteiger charge is -2.22. The van der Waals surface area contributed by atoms with Crippen LogP contribution in [0.15, 0.2) is 48.9 Å². The zero-order valence-electron chi connectivity index (χ0n) is 14.7. The molecule has 0 atom stereocenters. The Morgan fingerprint density at radius 1 is 1.04 bits per heavy atom. The number of carbonyl (C=O) groups excluding carboxylic acids is 2. The quantitative estimate of drug-likeness (QED) is 0.623. The Balaban J connectivity index is 1.38. The molecule has 1 aliphatic rings. The Morgan fingerprint density at radius 2 is 1.78 bits per heavy atom. The number of carbonyl (C=O) groups is 2. The van der Waals surface area contributed by atoms with Crippen LogP contribution < -0.4 is 10.6 Å². The molecule has 4 rings (SSSR count). The Kier molecular flexibility index (Phi) is 4.84. The number of H-pyrrole nitrogens is 1. The number of hydrogen-bond acceptors (Lipinski definition) is 4. The van der Waals surface area contributed by atoms with Gasteiger partial charge in [-0.25, -0.2) is 0 Å². The van der Waals surface area contributed by atoms with Crippen molar-refractivity contribution >= 4 is 34.1 Å². The van der Waals surface area contributed by atoms with Crippen molar-refractivity contribution in [1.29, 1.82) is 0 Å². The second kappa shape index (κ2) is 7.59. The van der Waals surface area contributed by atoms with Crippen molar-refractivity contribution in [2.24, 2.45) is 0 Å². The van der Waals surface area contributed by atoms with E-state index in [2.05, 4.69) is 20.6 Å². The van der Waals surface area contributed by atoms with E-state index in [4.69, 9.17) is 4.74 Å². The number of fused-ring (bicyclic) bond motifs is 1. The maximum atomic E-state index is 12.2. The highest BCUT2D eigenvalue weighted by Gasteiger charge is 2.18. The number of nitrogens with zero attached hydrogens (tertiary/aromatic N) is 1. The summed E-state index contributed by atoms with van der Waals surface area (Å²) in [7, 11) is 0. The minimum atomic E-state index is -0.728. The number of ether oxygens (including phenoxy) is 1. The zero-order valence-corrected chi connectivity index (χ0v) is 14.7. The zero-order chi connectivity index (χ0) is 18.6. The summed E-state index contributed by atoms with van der Waals surface area (Å²) in [5, 5.41) is 5.99. The molecule has 7 nitrogen and oxygen atoms in total. The lowest BCUT2D eigenvalue weighted by Crippen LogP contribution is -2.29. The van der Waals surface area contributed by atoms with Crippen LogP contribution in [0.25, 0.3) is 10.9 Å². The third-order valence-corrected chi connectivity index (χ3v) is 4.80. The first-order chi connectivity index (χ1) is 13.2. The van der Waals surface area contributed by atoms with Crippen LogP contribution in [0.5, 0.6) is 0 Å². The Labute approximate surface area is 156 Å². The number of nitrogens with one attached hydrogen (secondary N) is 3. The summed E-state index contributed by atoms with van der Waals surface area (Å²) in [6.45, 7) is 1.57. The van der Waals surface area contributed by atoms with Gasteiger partial charge in [0.05, 0.1) is 11.2 Å². The van der Waals surface area contributed by atoms with Crippen LogP contribution >= 0.6 is 0 Å². The van der Waals surface area contributed by atoms with E-state index in [0.717, 1.165) is 37.0 Å². The standard InChI is InChI=1S/C20H20N4O3/c25-19(20(26)24-18-12-22-17-5-8-21-11-16(17)18)23-15-3-1-13(2-4-15)14-6-9-27-10-7-14/h1-5,8,11-12,14,22H,6-7,9-10H2,(H,23,25)(H,24,26). The molecule has 2 amide bonds. The Morgan fingerprint density at radius 3 is 2.56 bits per heavy atom. The van der Waals surface area contributed by atoms with E-state index in [9.17, 15) is 9.59 Å². The topological polar surface area (TPSA) is 96.1 Å². The van der Waals surface area contributed by atoms with E-state index < -0.39 is 11.8 Å². The number of benzene rings is 1. The summed E-state index contributed by atoms with van der Waals surface area (Å²) < 4.78 is 5.39. The van der Waals surface area contributed by atoms with Gasteiger partial charge in [0.2, 0.25) is 0 Å². The van der Waals surface area contributed by atoms with Crippen molar-refractivity contribution in [3.05, 3.63) is 54.5 Å². The molecule has 0 aliphatic carbocycles. The molecule has 7 heteroatoms. The normalized spacial score (nSPS) is 14.8. The third kappa shape index (κ3) is 3.83. The molecule has 2 aromatic heterocycles. The molecule has 3 aromatic rings. The molecule has 0 radical (unpaired) electrons. The lowest BCUT2D eigenvalue weighted by atomic mass is 9.92. The molecule has 0 bridgehead atoms. The average molecular weight is 364 g/mol. The monoisotopic (exact) mass is 364 g/mol. The van der Waals surface area contributed by atoms with Gasteiger partial charge in [-0.3, -0.25) is 14.6 Å². The number of pyridine rings is 1. The van der Waals surface area contributed by atoms with Gasteiger partial charge >= 0.3 is 11.8 Å². The van der Waals surface area contributed by atoms with Gasteiger partial charge in [-0.15, -0.1) is 0 Å². The molecule has 0 saturated carbocycles. The molecule has 0 spiro atoms. The van der Waals surface area contributed by atoms with Crippen LogP contribution in [0.1, 0.15) is 24.3 Å². The lowest BCUT2D eigenvalue weighted by molar-refractivity contribution is -0.132. The highest BCUT2D eigenvalue weighted by Crippen LogP contribution is 2.27. The number of amides is 2. The predicted octanol–water partition coefficient (Wildman–Crippen LogP) is 3.03. The maximum absolute atomic E-state index is 12.2. The fourth-order valence-electron chi connectivity index (χ4n) is 3.30. The van der Waals surface area contributed by atoms with E-state index >= 15 is 0 Å². The van der Waals surface area contributed by atoms with Crippen molar-refractivity contribution in [2.45, 2.75) is 18.8 Å². The number of anilines is 2. The van der Waals surface area contributed by atoms with Gasteiger partial charge in [0.25, 0.3) is 0 Å². The smallest absolute Gasteiger partial charge is 0.314 e. The van der Waals surface area contributed by atoms with Crippen molar-refractivity contribution in [1.82, 2.24) is 9.97 Å². The Hall–Kier alpha value is -3.19. The molecule has 1 saturated heterocycles. The van der Waals surface area contributed by atoms with E-state index in [1.54, 1.807) is 24.7 Å². The van der Waals surface area contributed by atoms with Gasteiger partial charge in [-0.2, -0.15) is 0 Å². The highest BCUT2D eigenvalue weighted by atomic mass is 16.5. The second-order valence-corrected chi connectivity index (χ2v) is 6.54. The van der Waals surface area contributed by atoms with Crippen LogP contribution in [0.2, 0.25) is 0 Å². The second-order valence-electron chi connectivity index (χ2n) is 6.54. The Bertz CT molecular complexity index is 959. The summed E-state index contributed by atoms with van der Waals surface area (Å²) in [6, 6.07) is 9.44. The summed E-state index contributed by atoms with van der Waals surface area (Å²) >= 11 is 0. The first-order valence-electron chi connectivity index (χ1n) is 8.92. The number of aromatic amines is 1. The van der Waals surface area contributed by atoms with Crippen molar-refractivity contribution in [3.63, 3.8) is 0 Å². The molecule has 27 heavy (non-hydrogen) atoms. The van der Waals surface area contributed by atoms with Gasteiger partial charge in [-0.1, -0.05) is 12.1 Å². The molecule has 3 N–H and O–H groups in total. The fourth-order valence-corrected chi connectivity index (χ4v) is 3.30. The highest BCUT2D eigenvalue weighted by molar-refractivity contribution is 6.44. The van der Waals surface area contributed by atoms with E-state index in [-0.39, 0.29) is 0 Å². The number of rotatable bonds is 3. The first kappa shape index (κ1) is 17.2. The van der Waals surface area contributed by atoms with Crippen LogP contribution in [0, 0.1) is 0 Å². The largest absolute Gasteiger partial charge is 0.381 e. The average Bonchev–Trinajstić information content (AvgIpc) is 3.12. The molecular formula is C20H20N4O3. The fraction of sp³-hybridized carbons (Fsp3) is 0.250. The molecule has 0 unspecified atom stereocenters. The molecule has 3 heterocycles. The van der Waals surface area contributed by atoms with Gasteiger partial charge in [0, 0.05) is 42.9 Å². The number of aromatic nitrogens is 2. The third-order valence-electron chi connectivity index (χ3n) is 4.80. The van der Waals surface area contributed by atoms with Gasteiger partial charge in [-0.05, 0) is 42.5 Å². The summed E-state index contributed by atoms with van der Waals surface area (Å²) in [4.78, 5) is 31.5. The van der Waals surface area contributed by atoms with Crippen molar-refractivity contribution in [3.8, 4) is 0 Å². The first-order valence-corrected chi connectivity index (χ1v) is 8.92. The van der Waals surface area contributed by atoms with Gasteiger partial charge < -0.3 is 20.4 Å². The van der Waals surface area contributed by atoms with Crippen LogP contribution in [-0.2, 0) is 14.3 Å². The van der Waals surface area contributed by atoms with E-state index in [1.807, 2.05) is 24.3 Å². The summed E-state index contributed by atoms with van der Waals surface area (Å²) in [5.74, 6) is -0.956. The maximum Gasteiger partial charge on any atom is 0.314 e.